The van der Waals surface area contributed by atoms with E-state index in [0.29, 0.717) is 0 Å². The average Bonchev–Trinajstić information content (AvgIpc) is 1.87. The van der Waals surface area contributed by atoms with Gasteiger partial charge < -0.3 is 4.52 Å². The fraction of sp³-hybridized carbons (Fsp3) is 1.00. The highest BCUT2D eigenvalue weighted by atomic mass is 32.4. The van der Waals surface area contributed by atoms with Crippen LogP contribution in [-0.4, -0.2) is 19.4 Å². The molecule has 0 saturated carbocycles. The summed E-state index contributed by atoms with van der Waals surface area (Å²) in [5.41, 5.74) is 0. The van der Waals surface area contributed by atoms with Crippen molar-refractivity contribution in [1.29, 1.82) is 0 Å². The molecule has 0 aliphatic carbocycles. The van der Waals surface area contributed by atoms with Crippen LogP contribution in [0.1, 0.15) is 13.8 Å². The Labute approximate surface area is 56.5 Å². The highest BCUT2D eigenvalue weighted by molar-refractivity contribution is 8.12. The van der Waals surface area contributed by atoms with Crippen molar-refractivity contribution in [3.63, 3.8) is 0 Å². The first-order valence-corrected chi connectivity index (χ1v) is 5.91. The van der Waals surface area contributed by atoms with Gasteiger partial charge >= 0.3 is 0 Å². The average molecular weight is 152 g/mol. The Morgan fingerprint density at radius 2 is 1.75 bits per heavy atom. The van der Waals surface area contributed by atoms with Gasteiger partial charge in [-0.25, -0.2) is 0 Å². The van der Waals surface area contributed by atoms with Crippen LogP contribution in [0.15, 0.2) is 0 Å². The minimum atomic E-state index is -1.33. The molecule has 8 heavy (non-hydrogen) atoms. The van der Waals surface area contributed by atoms with Crippen molar-refractivity contribution in [2.75, 3.05) is 19.4 Å². The summed E-state index contributed by atoms with van der Waals surface area (Å²) < 4.78 is 5.16. The lowest BCUT2D eigenvalue weighted by Gasteiger charge is -2.14. The maximum atomic E-state index is 5.19. The lowest BCUT2D eigenvalue weighted by molar-refractivity contribution is 0.460. The molecule has 0 amide bonds. The van der Waals surface area contributed by atoms with E-state index in [9.17, 15) is 0 Å². The largest absolute Gasteiger partial charge is 0.354 e. The van der Waals surface area contributed by atoms with Crippen molar-refractivity contribution >= 4 is 18.1 Å². The van der Waals surface area contributed by atoms with E-state index in [2.05, 4.69) is 13.8 Å². The van der Waals surface area contributed by atoms with Crippen LogP contribution in [0.2, 0.25) is 0 Å². The predicted molar refractivity (Wildman–Crippen MR) is 42.4 cm³/mol. The molecule has 0 spiro atoms. The normalized spacial score (nSPS) is 11.9. The SMILES string of the molecule is CCP(=S)(CC)OC. The van der Waals surface area contributed by atoms with Gasteiger partial charge in [-0.15, -0.1) is 0 Å². The minimum absolute atomic E-state index is 1.02. The van der Waals surface area contributed by atoms with Gasteiger partial charge in [0.25, 0.3) is 0 Å². The molecular formula is C5H13OPS. The van der Waals surface area contributed by atoms with Crippen LogP contribution < -0.4 is 0 Å². The number of hydrogen-bond acceptors (Lipinski definition) is 2. The molecule has 0 N–H and O–H groups in total. The van der Waals surface area contributed by atoms with E-state index in [-0.39, 0.29) is 0 Å². The Kier molecular flexibility index (Phi) is 3.87. The zero-order chi connectivity index (χ0) is 6.62. The van der Waals surface area contributed by atoms with E-state index in [4.69, 9.17) is 16.3 Å². The van der Waals surface area contributed by atoms with Crippen molar-refractivity contribution < 1.29 is 4.52 Å². The molecule has 0 rings (SSSR count). The van der Waals surface area contributed by atoms with Gasteiger partial charge in [0.15, 0.2) is 0 Å². The first kappa shape index (κ1) is 8.61. The van der Waals surface area contributed by atoms with Crippen molar-refractivity contribution in [2.24, 2.45) is 0 Å². The predicted octanol–water partition coefficient (Wildman–Crippen LogP) is 2.07. The topological polar surface area (TPSA) is 9.23 Å². The van der Waals surface area contributed by atoms with Gasteiger partial charge in [-0.2, -0.15) is 0 Å². The van der Waals surface area contributed by atoms with Crippen LogP contribution in [0.25, 0.3) is 0 Å². The van der Waals surface area contributed by atoms with Crippen LogP contribution in [0.5, 0.6) is 0 Å². The monoisotopic (exact) mass is 152 g/mol. The molecule has 0 bridgehead atoms. The second-order valence-electron chi connectivity index (χ2n) is 1.63. The summed E-state index contributed by atoms with van der Waals surface area (Å²) in [6.07, 6.45) is 0.718. The molecule has 0 aliphatic heterocycles. The van der Waals surface area contributed by atoms with Crippen LogP contribution in [0.3, 0.4) is 0 Å². The van der Waals surface area contributed by atoms with Crippen molar-refractivity contribution in [3.8, 4) is 0 Å². The second kappa shape index (κ2) is 3.60. The van der Waals surface area contributed by atoms with Gasteiger partial charge in [-0.05, 0) is 12.3 Å². The molecule has 1 nitrogen and oxygen atoms in total. The Hall–Kier alpha value is 0.610. The van der Waals surface area contributed by atoms with Crippen LogP contribution in [0, 0.1) is 0 Å². The fourth-order valence-electron chi connectivity index (χ4n) is 0.482. The molecule has 0 aliphatic rings. The van der Waals surface area contributed by atoms with Crippen LogP contribution >= 0.6 is 6.26 Å². The standard InChI is InChI=1S/C5H13OPS/c1-4-7(8,5-2)6-3/h4-5H2,1-3H3. The fourth-order valence-corrected chi connectivity index (χ4v) is 1.45. The van der Waals surface area contributed by atoms with Crippen LogP contribution in [-0.2, 0) is 16.3 Å². The first-order chi connectivity index (χ1) is 3.68. The lowest BCUT2D eigenvalue weighted by Crippen LogP contribution is -1.89. The summed E-state index contributed by atoms with van der Waals surface area (Å²) in [5, 5.41) is 0. The summed E-state index contributed by atoms with van der Waals surface area (Å²) in [4.78, 5) is 0. The third-order valence-corrected chi connectivity index (χ3v) is 5.89. The maximum Gasteiger partial charge on any atom is 0.0664 e. The van der Waals surface area contributed by atoms with Gasteiger partial charge in [0.1, 0.15) is 0 Å². The molecule has 0 aromatic rings. The Morgan fingerprint density at radius 3 is 1.75 bits per heavy atom. The van der Waals surface area contributed by atoms with E-state index in [1.54, 1.807) is 7.11 Å². The Morgan fingerprint density at radius 1 is 1.38 bits per heavy atom. The zero-order valence-electron chi connectivity index (χ0n) is 5.68. The summed E-state index contributed by atoms with van der Waals surface area (Å²) >= 11 is 5.19. The Balaban J connectivity index is 3.79. The molecule has 3 heteroatoms. The highest BCUT2D eigenvalue weighted by Crippen LogP contribution is 2.44. The molecule has 0 aromatic heterocycles. The molecule has 0 saturated heterocycles. The zero-order valence-corrected chi connectivity index (χ0v) is 7.39. The Bertz CT molecular complexity index is 83.6. The molecule has 0 heterocycles. The number of hydrogen-bond donors (Lipinski definition) is 0. The molecule has 0 radical (unpaired) electrons. The molecule has 50 valence electrons. The summed E-state index contributed by atoms with van der Waals surface area (Å²) in [7, 11) is 1.72. The maximum absolute atomic E-state index is 5.19. The van der Waals surface area contributed by atoms with E-state index < -0.39 is 6.26 Å². The van der Waals surface area contributed by atoms with Gasteiger partial charge in [0.2, 0.25) is 0 Å². The van der Waals surface area contributed by atoms with Gasteiger partial charge in [-0.3, -0.25) is 0 Å². The molecule has 0 fully saturated rings. The quantitative estimate of drug-likeness (QED) is 0.572. The van der Waals surface area contributed by atoms with Gasteiger partial charge in [-0.1, -0.05) is 25.7 Å². The van der Waals surface area contributed by atoms with E-state index >= 15 is 0 Å². The van der Waals surface area contributed by atoms with Gasteiger partial charge in [0.05, 0.1) is 6.26 Å². The van der Waals surface area contributed by atoms with Gasteiger partial charge in [0, 0.05) is 7.11 Å². The third kappa shape index (κ3) is 2.25. The third-order valence-electron chi connectivity index (χ3n) is 1.30. The van der Waals surface area contributed by atoms with E-state index in [0.717, 1.165) is 12.3 Å². The smallest absolute Gasteiger partial charge is 0.0664 e. The number of rotatable bonds is 3. The molecule has 0 unspecified atom stereocenters. The van der Waals surface area contributed by atoms with Crippen molar-refractivity contribution in [3.05, 3.63) is 0 Å². The second-order valence-corrected chi connectivity index (χ2v) is 6.89. The first-order valence-electron chi connectivity index (χ1n) is 2.82. The van der Waals surface area contributed by atoms with E-state index in [1.165, 1.54) is 0 Å². The summed E-state index contributed by atoms with van der Waals surface area (Å²) in [5.74, 6) is 0. The lowest BCUT2D eigenvalue weighted by atomic mass is 11.0. The van der Waals surface area contributed by atoms with Crippen LogP contribution in [0.4, 0.5) is 0 Å². The molecule has 0 aromatic carbocycles. The van der Waals surface area contributed by atoms with Crippen molar-refractivity contribution in [1.82, 2.24) is 0 Å². The summed E-state index contributed by atoms with van der Waals surface area (Å²) in [6.45, 7) is 4.18. The molecule has 0 atom stereocenters. The minimum Gasteiger partial charge on any atom is -0.354 e. The van der Waals surface area contributed by atoms with Crippen molar-refractivity contribution in [2.45, 2.75) is 13.8 Å². The summed E-state index contributed by atoms with van der Waals surface area (Å²) in [6, 6.07) is 0. The molecular weight excluding hydrogens is 139 g/mol. The highest BCUT2D eigenvalue weighted by Gasteiger charge is 2.07. The van der Waals surface area contributed by atoms with E-state index in [1.807, 2.05) is 0 Å².